The van der Waals surface area contributed by atoms with E-state index < -0.39 is 0 Å². The molecule has 2 aliphatic rings. The first kappa shape index (κ1) is 18.2. The first-order valence-electron chi connectivity index (χ1n) is 9.39. The molecule has 1 aliphatic heterocycles. The molecule has 2 atom stereocenters. The summed E-state index contributed by atoms with van der Waals surface area (Å²) in [5, 5.41) is 3.19. The molecule has 1 heterocycles. The maximum atomic E-state index is 12.8. The van der Waals surface area contributed by atoms with Crippen molar-refractivity contribution in [1.82, 2.24) is 15.1 Å². The number of rotatable bonds is 6. The fraction of sp³-hybridized carbons (Fsp3) is 0.889. The molecule has 2 amide bonds. The second-order valence-electron chi connectivity index (χ2n) is 7.08. The van der Waals surface area contributed by atoms with Gasteiger partial charge in [0.2, 0.25) is 11.8 Å². The predicted molar refractivity (Wildman–Crippen MR) is 92.1 cm³/mol. The maximum Gasteiger partial charge on any atom is 0.237 e. The van der Waals surface area contributed by atoms with E-state index in [4.69, 9.17) is 0 Å². The standard InChI is InChI=1S/C18H33N3O2/c1-4-14(3)19-18(23)17(15-8-6-7-9-15)21-12-10-20(11-13-21)16(22)5-2/h14-15,17H,4-13H2,1-3H3,(H,19,23). The molecule has 23 heavy (non-hydrogen) atoms. The summed E-state index contributed by atoms with van der Waals surface area (Å²) in [7, 11) is 0. The van der Waals surface area contributed by atoms with Crippen molar-refractivity contribution < 1.29 is 9.59 Å². The van der Waals surface area contributed by atoms with E-state index in [2.05, 4.69) is 24.1 Å². The molecule has 1 aliphatic carbocycles. The zero-order chi connectivity index (χ0) is 16.8. The Morgan fingerprint density at radius 1 is 1.09 bits per heavy atom. The van der Waals surface area contributed by atoms with Crippen molar-refractivity contribution >= 4 is 11.8 Å². The minimum absolute atomic E-state index is 0.00891. The van der Waals surface area contributed by atoms with Gasteiger partial charge in [-0.15, -0.1) is 0 Å². The van der Waals surface area contributed by atoms with Crippen molar-refractivity contribution in [2.24, 2.45) is 5.92 Å². The molecule has 1 saturated carbocycles. The van der Waals surface area contributed by atoms with Gasteiger partial charge in [0.15, 0.2) is 0 Å². The highest BCUT2D eigenvalue weighted by Gasteiger charge is 2.37. The Hall–Kier alpha value is -1.10. The van der Waals surface area contributed by atoms with Crippen molar-refractivity contribution in [2.75, 3.05) is 26.2 Å². The van der Waals surface area contributed by atoms with E-state index in [9.17, 15) is 9.59 Å². The van der Waals surface area contributed by atoms with E-state index in [1.165, 1.54) is 12.8 Å². The third kappa shape index (κ3) is 4.69. The van der Waals surface area contributed by atoms with Gasteiger partial charge in [-0.05, 0) is 32.1 Å². The van der Waals surface area contributed by atoms with Gasteiger partial charge in [-0.2, -0.15) is 0 Å². The van der Waals surface area contributed by atoms with Crippen LogP contribution < -0.4 is 5.32 Å². The fourth-order valence-electron chi connectivity index (χ4n) is 3.85. The summed E-state index contributed by atoms with van der Waals surface area (Å²) in [4.78, 5) is 28.9. The van der Waals surface area contributed by atoms with Crippen LogP contribution in [0, 0.1) is 5.92 Å². The SMILES string of the molecule is CCC(=O)N1CCN(C(C(=O)NC(C)CC)C2CCCC2)CC1. The largest absolute Gasteiger partial charge is 0.352 e. The lowest BCUT2D eigenvalue weighted by Gasteiger charge is -2.41. The van der Waals surface area contributed by atoms with Crippen LogP contribution in [-0.2, 0) is 9.59 Å². The quantitative estimate of drug-likeness (QED) is 0.813. The molecule has 2 rings (SSSR count). The molecule has 0 aromatic heterocycles. The normalized spacial score (nSPS) is 22.8. The van der Waals surface area contributed by atoms with Crippen LogP contribution in [0.4, 0.5) is 0 Å². The zero-order valence-corrected chi connectivity index (χ0v) is 15.0. The lowest BCUT2D eigenvalue weighted by Crippen LogP contribution is -2.58. The predicted octanol–water partition coefficient (Wildman–Crippen LogP) is 2.01. The summed E-state index contributed by atoms with van der Waals surface area (Å²) in [6.07, 6.45) is 6.33. The van der Waals surface area contributed by atoms with E-state index in [-0.39, 0.29) is 23.9 Å². The highest BCUT2D eigenvalue weighted by Crippen LogP contribution is 2.31. The van der Waals surface area contributed by atoms with E-state index in [0.717, 1.165) is 45.4 Å². The van der Waals surface area contributed by atoms with E-state index in [1.807, 2.05) is 11.8 Å². The van der Waals surface area contributed by atoms with Crippen LogP contribution in [0.1, 0.15) is 59.3 Å². The van der Waals surface area contributed by atoms with Crippen molar-refractivity contribution in [1.29, 1.82) is 0 Å². The molecule has 5 nitrogen and oxygen atoms in total. The van der Waals surface area contributed by atoms with Gasteiger partial charge in [0, 0.05) is 38.6 Å². The van der Waals surface area contributed by atoms with E-state index >= 15 is 0 Å². The maximum absolute atomic E-state index is 12.8. The van der Waals surface area contributed by atoms with Gasteiger partial charge in [0.05, 0.1) is 6.04 Å². The van der Waals surface area contributed by atoms with Gasteiger partial charge < -0.3 is 10.2 Å². The molecule has 5 heteroatoms. The Morgan fingerprint density at radius 3 is 2.22 bits per heavy atom. The number of hydrogen-bond acceptors (Lipinski definition) is 3. The Bertz CT molecular complexity index is 399. The smallest absolute Gasteiger partial charge is 0.237 e. The average Bonchev–Trinajstić information content (AvgIpc) is 3.08. The molecule has 0 aromatic rings. The van der Waals surface area contributed by atoms with Gasteiger partial charge in [0.1, 0.15) is 0 Å². The van der Waals surface area contributed by atoms with Crippen LogP contribution >= 0.6 is 0 Å². The first-order chi connectivity index (χ1) is 11.1. The number of hydrogen-bond donors (Lipinski definition) is 1. The monoisotopic (exact) mass is 323 g/mol. The minimum atomic E-state index is -0.00891. The third-order valence-corrected chi connectivity index (χ3v) is 5.48. The number of carbonyl (C=O) groups is 2. The van der Waals surface area contributed by atoms with Crippen molar-refractivity contribution in [3.63, 3.8) is 0 Å². The van der Waals surface area contributed by atoms with Gasteiger partial charge in [-0.1, -0.05) is 26.7 Å². The Labute approximate surface area is 140 Å². The fourth-order valence-corrected chi connectivity index (χ4v) is 3.85. The average molecular weight is 323 g/mol. The van der Waals surface area contributed by atoms with Gasteiger partial charge in [-0.3, -0.25) is 14.5 Å². The number of carbonyl (C=O) groups excluding carboxylic acids is 2. The summed E-state index contributed by atoms with van der Waals surface area (Å²) in [5.74, 6) is 0.903. The summed E-state index contributed by atoms with van der Waals surface area (Å²) in [6, 6.07) is 0.222. The Morgan fingerprint density at radius 2 is 1.70 bits per heavy atom. The van der Waals surface area contributed by atoms with Gasteiger partial charge in [-0.25, -0.2) is 0 Å². The van der Waals surface area contributed by atoms with E-state index in [1.54, 1.807) is 0 Å². The van der Waals surface area contributed by atoms with Crippen LogP contribution in [-0.4, -0.2) is 59.9 Å². The summed E-state index contributed by atoms with van der Waals surface area (Å²) < 4.78 is 0. The molecule has 0 radical (unpaired) electrons. The molecule has 0 aromatic carbocycles. The third-order valence-electron chi connectivity index (χ3n) is 5.48. The lowest BCUT2D eigenvalue weighted by molar-refractivity contribution is -0.135. The minimum Gasteiger partial charge on any atom is -0.352 e. The highest BCUT2D eigenvalue weighted by molar-refractivity contribution is 5.82. The molecule has 132 valence electrons. The van der Waals surface area contributed by atoms with Crippen LogP contribution in [0.5, 0.6) is 0 Å². The molecule has 1 saturated heterocycles. The van der Waals surface area contributed by atoms with Crippen molar-refractivity contribution in [3.05, 3.63) is 0 Å². The summed E-state index contributed by atoms with van der Waals surface area (Å²) in [6.45, 7) is 9.24. The number of nitrogens with zero attached hydrogens (tertiary/aromatic N) is 2. The Kier molecular flexibility index (Phi) is 6.88. The number of piperazine rings is 1. The highest BCUT2D eigenvalue weighted by atomic mass is 16.2. The topological polar surface area (TPSA) is 52.7 Å². The van der Waals surface area contributed by atoms with E-state index in [0.29, 0.717) is 12.3 Å². The van der Waals surface area contributed by atoms with Crippen molar-refractivity contribution in [3.8, 4) is 0 Å². The second kappa shape index (κ2) is 8.67. The van der Waals surface area contributed by atoms with Crippen LogP contribution in [0.2, 0.25) is 0 Å². The molecule has 0 spiro atoms. The lowest BCUT2D eigenvalue weighted by atomic mass is 9.94. The number of amides is 2. The van der Waals surface area contributed by atoms with Crippen LogP contribution in [0.25, 0.3) is 0 Å². The molecule has 2 unspecified atom stereocenters. The number of nitrogens with one attached hydrogen (secondary N) is 1. The van der Waals surface area contributed by atoms with Crippen LogP contribution in [0.3, 0.4) is 0 Å². The van der Waals surface area contributed by atoms with Gasteiger partial charge >= 0.3 is 0 Å². The summed E-state index contributed by atoms with van der Waals surface area (Å²) in [5.41, 5.74) is 0. The molecular weight excluding hydrogens is 290 g/mol. The Balaban J connectivity index is 2.00. The molecular formula is C18H33N3O2. The second-order valence-corrected chi connectivity index (χ2v) is 7.08. The zero-order valence-electron chi connectivity index (χ0n) is 15.0. The van der Waals surface area contributed by atoms with Crippen molar-refractivity contribution in [2.45, 2.75) is 71.4 Å². The van der Waals surface area contributed by atoms with Gasteiger partial charge in [0.25, 0.3) is 0 Å². The first-order valence-corrected chi connectivity index (χ1v) is 9.39. The molecule has 2 fully saturated rings. The summed E-state index contributed by atoms with van der Waals surface area (Å²) >= 11 is 0. The molecule has 0 bridgehead atoms. The molecule has 1 N–H and O–H groups in total. The van der Waals surface area contributed by atoms with Crippen LogP contribution in [0.15, 0.2) is 0 Å².